The van der Waals surface area contributed by atoms with Crippen LogP contribution in [-0.4, -0.2) is 10.1 Å². The molecule has 0 saturated carbocycles. The molecule has 1 nitrogen and oxygen atoms in total. The predicted molar refractivity (Wildman–Crippen MR) is 89.6 cm³/mol. The summed E-state index contributed by atoms with van der Waals surface area (Å²) < 4.78 is 5.40. The van der Waals surface area contributed by atoms with E-state index in [4.69, 9.17) is 0 Å². The molecule has 0 bridgehead atoms. The van der Waals surface area contributed by atoms with E-state index in [0.29, 0.717) is 0 Å². The summed E-state index contributed by atoms with van der Waals surface area (Å²) in [4.78, 5) is 0. The summed E-state index contributed by atoms with van der Waals surface area (Å²) >= 11 is 4.48. The van der Waals surface area contributed by atoms with Gasteiger partial charge in [-0.25, -0.2) is 3.21 Å². The molecule has 0 aliphatic heterocycles. The van der Waals surface area contributed by atoms with Gasteiger partial charge in [0.2, 0.25) is 0 Å². The molecule has 86 valence electrons. The fourth-order valence-corrected chi connectivity index (χ4v) is 2.38. The maximum Gasteiger partial charge on any atom is 0.0834 e. The molecule has 0 aromatic heterocycles. The van der Waals surface area contributed by atoms with Crippen molar-refractivity contribution in [2.75, 3.05) is 4.43 Å². The molecular weight excluding hydrogens is 424 g/mol. The van der Waals surface area contributed by atoms with Crippen LogP contribution in [0.2, 0.25) is 0 Å². The number of rotatable bonds is 4. The summed E-state index contributed by atoms with van der Waals surface area (Å²) in [5, 5.41) is 0. The monoisotopic (exact) mass is 439 g/mol. The van der Waals surface area contributed by atoms with E-state index in [1.165, 1.54) is 5.56 Å². The molecule has 0 unspecified atom stereocenters. The molecule has 0 fully saturated rings. The lowest BCUT2D eigenvalue weighted by molar-refractivity contribution is 0.620. The van der Waals surface area contributed by atoms with Gasteiger partial charge < -0.3 is 0 Å². The molecular formula is C13H15I2N. The zero-order chi connectivity index (χ0) is 12.0. The Labute approximate surface area is 125 Å². The Hall–Kier alpha value is 0.0900. The van der Waals surface area contributed by atoms with Gasteiger partial charge in [0.1, 0.15) is 0 Å². The first kappa shape index (κ1) is 14.2. The van der Waals surface area contributed by atoms with Gasteiger partial charge in [0, 0.05) is 9.84 Å². The zero-order valence-corrected chi connectivity index (χ0v) is 13.8. The Morgan fingerprint density at radius 3 is 2.44 bits per heavy atom. The molecule has 0 amide bonds. The number of allylic oxidation sites excluding steroid dienone is 1. The van der Waals surface area contributed by atoms with Crippen LogP contribution in [0.3, 0.4) is 0 Å². The Kier molecular flexibility index (Phi) is 5.96. The van der Waals surface area contributed by atoms with Crippen LogP contribution >= 0.6 is 45.5 Å². The number of alkyl halides is 1. The van der Waals surface area contributed by atoms with E-state index in [-0.39, 0.29) is 5.41 Å². The van der Waals surface area contributed by atoms with E-state index in [9.17, 15) is 0 Å². The van der Waals surface area contributed by atoms with Crippen LogP contribution in [-0.2, 0) is 0 Å². The first-order chi connectivity index (χ1) is 7.60. The second-order valence-electron chi connectivity index (χ2n) is 4.23. The lowest BCUT2D eigenvalue weighted by Gasteiger charge is -2.20. The van der Waals surface area contributed by atoms with Gasteiger partial charge in [-0.05, 0) is 11.6 Å². The van der Waals surface area contributed by atoms with Crippen LogP contribution in [0.25, 0.3) is 6.08 Å². The van der Waals surface area contributed by atoms with Gasteiger partial charge in [-0.15, -0.1) is 0 Å². The molecule has 3 heteroatoms. The summed E-state index contributed by atoms with van der Waals surface area (Å²) in [6.07, 6.45) is 4.23. The average molecular weight is 439 g/mol. The van der Waals surface area contributed by atoms with Gasteiger partial charge in [-0.2, -0.15) is 0 Å². The second kappa shape index (κ2) is 6.74. The molecule has 0 saturated heterocycles. The minimum Gasteiger partial charge on any atom is -0.219 e. The highest BCUT2D eigenvalue weighted by atomic mass is 127. The third-order valence-corrected chi connectivity index (χ3v) is 4.78. The predicted octanol–water partition coefficient (Wildman–Crippen LogP) is 4.95. The minimum absolute atomic E-state index is 0.132. The number of nitrogens with zero attached hydrogens (tertiary/aromatic N) is 1. The van der Waals surface area contributed by atoms with Crippen molar-refractivity contribution in [1.82, 2.24) is 0 Å². The standard InChI is InChI=1S/C13H15I2N/c1-13(2,10-14)12(16-15)9-8-11-6-4-3-5-7-11/h3-9H,10H2,1-2H3/b9-8+,16-12?. The summed E-state index contributed by atoms with van der Waals surface area (Å²) in [5.41, 5.74) is 2.48. The zero-order valence-electron chi connectivity index (χ0n) is 9.45. The number of hydrogen-bond acceptors (Lipinski definition) is 1. The van der Waals surface area contributed by atoms with E-state index in [1.807, 2.05) is 18.2 Å². The van der Waals surface area contributed by atoms with E-state index in [1.54, 1.807) is 0 Å². The molecule has 0 aliphatic rings. The minimum atomic E-state index is 0.132. The third kappa shape index (κ3) is 4.16. The molecule has 0 aliphatic carbocycles. The highest BCUT2D eigenvalue weighted by molar-refractivity contribution is 14.1. The molecule has 0 heterocycles. The summed E-state index contributed by atoms with van der Waals surface area (Å²) in [6.45, 7) is 4.43. The number of benzene rings is 1. The Balaban J connectivity index is 2.84. The fraction of sp³-hybridized carbons (Fsp3) is 0.308. The van der Waals surface area contributed by atoms with Gasteiger partial charge in [-0.1, -0.05) is 72.8 Å². The molecule has 0 N–H and O–H groups in total. The van der Waals surface area contributed by atoms with E-state index < -0.39 is 0 Å². The van der Waals surface area contributed by atoms with Crippen LogP contribution in [0.4, 0.5) is 0 Å². The van der Waals surface area contributed by atoms with Crippen molar-refractivity contribution in [3.8, 4) is 0 Å². The van der Waals surface area contributed by atoms with E-state index in [2.05, 4.69) is 86.8 Å². The summed E-state index contributed by atoms with van der Waals surface area (Å²) in [6, 6.07) is 10.3. The van der Waals surface area contributed by atoms with Crippen molar-refractivity contribution in [1.29, 1.82) is 0 Å². The Bertz CT molecular complexity index is 380. The number of hydrogen-bond donors (Lipinski definition) is 0. The van der Waals surface area contributed by atoms with Gasteiger partial charge in [-0.3, -0.25) is 0 Å². The first-order valence-electron chi connectivity index (χ1n) is 5.08. The van der Waals surface area contributed by atoms with Crippen molar-refractivity contribution in [3.63, 3.8) is 0 Å². The highest BCUT2D eigenvalue weighted by Crippen LogP contribution is 2.23. The van der Waals surface area contributed by atoms with E-state index in [0.717, 1.165) is 10.1 Å². The van der Waals surface area contributed by atoms with Crippen LogP contribution in [0.15, 0.2) is 39.6 Å². The van der Waals surface area contributed by atoms with Gasteiger partial charge in [0.15, 0.2) is 0 Å². The molecule has 0 radical (unpaired) electrons. The molecule has 0 spiro atoms. The van der Waals surface area contributed by atoms with Crippen LogP contribution < -0.4 is 0 Å². The molecule has 1 rings (SSSR count). The molecule has 16 heavy (non-hydrogen) atoms. The average Bonchev–Trinajstić information content (AvgIpc) is 2.31. The molecule has 1 aromatic rings. The van der Waals surface area contributed by atoms with Gasteiger partial charge >= 0.3 is 0 Å². The lowest BCUT2D eigenvalue weighted by Crippen LogP contribution is -2.23. The summed E-state index contributed by atoms with van der Waals surface area (Å²) in [7, 11) is 0. The van der Waals surface area contributed by atoms with Crippen LogP contribution in [0.5, 0.6) is 0 Å². The van der Waals surface area contributed by atoms with Crippen molar-refractivity contribution in [2.24, 2.45) is 8.62 Å². The van der Waals surface area contributed by atoms with Crippen molar-refractivity contribution < 1.29 is 0 Å². The fourth-order valence-electron chi connectivity index (χ4n) is 1.18. The summed E-state index contributed by atoms with van der Waals surface area (Å²) in [5.74, 6) is 0. The number of halogens is 2. The lowest BCUT2D eigenvalue weighted by atomic mass is 9.89. The Morgan fingerprint density at radius 2 is 1.94 bits per heavy atom. The third-order valence-electron chi connectivity index (χ3n) is 2.35. The smallest absolute Gasteiger partial charge is 0.0834 e. The second-order valence-corrected chi connectivity index (χ2v) is 5.48. The largest absolute Gasteiger partial charge is 0.219 e. The normalized spacial score (nSPS) is 13.4. The maximum absolute atomic E-state index is 4.34. The van der Waals surface area contributed by atoms with Gasteiger partial charge in [0.05, 0.1) is 28.6 Å². The van der Waals surface area contributed by atoms with Crippen molar-refractivity contribution in [2.45, 2.75) is 13.8 Å². The van der Waals surface area contributed by atoms with Crippen LogP contribution in [0, 0.1) is 5.41 Å². The molecule has 0 atom stereocenters. The topological polar surface area (TPSA) is 12.4 Å². The van der Waals surface area contributed by atoms with Crippen LogP contribution in [0.1, 0.15) is 19.4 Å². The van der Waals surface area contributed by atoms with Gasteiger partial charge in [0.25, 0.3) is 0 Å². The van der Waals surface area contributed by atoms with Crippen molar-refractivity contribution in [3.05, 3.63) is 42.0 Å². The molecule has 1 aromatic carbocycles. The quantitative estimate of drug-likeness (QED) is 0.358. The first-order valence-corrected chi connectivity index (χ1v) is 7.58. The highest BCUT2D eigenvalue weighted by Gasteiger charge is 2.21. The Morgan fingerprint density at radius 1 is 1.31 bits per heavy atom. The maximum atomic E-state index is 4.34. The van der Waals surface area contributed by atoms with Crippen molar-refractivity contribution >= 4 is 57.2 Å². The van der Waals surface area contributed by atoms with E-state index >= 15 is 0 Å². The SMILES string of the molecule is CC(C)(CI)C(/C=C/c1ccccc1)=NI.